The van der Waals surface area contributed by atoms with Crippen LogP contribution in [0.4, 0.5) is 17.5 Å². The van der Waals surface area contributed by atoms with E-state index in [1.807, 2.05) is 24.3 Å². The van der Waals surface area contributed by atoms with Gasteiger partial charge in [0, 0.05) is 11.6 Å². The van der Waals surface area contributed by atoms with Crippen molar-refractivity contribution in [3.63, 3.8) is 0 Å². The third-order valence-electron chi connectivity index (χ3n) is 3.39. The van der Waals surface area contributed by atoms with Crippen molar-refractivity contribution in [1.82, 2.24) is 15.2 Å². The zero-order valence-corrected chi connectivity index (χ0v) is 15.3. The van der Waals surface area contributed by atoms with Gasteiger partial charge in [0.2, 0.25) is 5.95 Å². The normalized spacial score (nSPS) is 10.5. The number of anilines is 3. The summed E-state index contributed by atoms with van der Waals surface area (Å²) < 4.78 is 0. The number of hydrogen-bond donors (Lipinski definition) is 2. The van der Waals surface area contributed by atoms with E-state index in [4.69, 9.17) is 34.8 Å². The van der Waals surface area contributed by atoms with E-state index >= 15 is 0 Å². The van der Waals surface area contributed by atoms with Gasteiger partial charge in [-0.1, -0.05) is 53.0 Å². The Balaban J connectivity index is 1.61. The third kappa shape index (κ3) is 4.95. The quantitative estimate of drug-likeness (QED) is 0.599. The van der Waals surface area contributed by atoms with Crippen LogP contribution < -0.4 is 10.6 Å². The summed E-state index contributed by atoms with van der Waals surface area (Å²) in [6.07, 6.45) is 2.40. The average Bonchev–Trinajstić information content (AvgIpc) is 2.61. The summed E-state index contributed by atoms with van der Waals surface area (Å²) in [5.41, 5.74) is 1.80. The first-order chi connectivity index (χ1) is 12.1. The van der Waals surface area contributed by atoms with Crippen LogP contribution in [-0.4, -0.2) is 21.7 Å². The van der Waals surface area contributed by atoms with Crippen LogP contribution >= 0.6 is 34.8 Å². The number of hydrogen-bond acceptors (Lipinski definition) is 5. The Bertz CT molecular complexity index is 855. The van der Waals surface area contributed by atoms with Crippen LogP contribution in [0.1, 0.15) is 5.56 Å². The molecule has 0 aliphatic rings. The van der Waals surface area contributed by atoms with E-state index in [2.05, 4.69) is 25.8 Å². The first-order valence-electron chi connectivity index (χ1n) is 7.51. The molecular formula is C17H14Cl3N5. The maximum absolute atomic E-state index is 6.15. The number of halogens is 3. The Morgan fingerprint density at radius 2 is 1.76 bits per heavy atom. The molecule has 0 saturated carbocycles. The van der Waals surface area contributed by atoms with E-state index in [1.54, 1.807) is 24.4 Å². The van der Waals surface area contributed by atoms with Crippen LogP contribution in [0.5, 0.6) is 0 Å². The minimum absolute atomic E-state index is 0.334. The van der Waals surface area contributed by atoms with Crippen molar-refractivity contribution in [2.45, 2.75) is 6.42 Å². The van der Waals surface area contributed by atoms with Crippen LogP contribution in [0.2, 0.25) is 15.1 Å². The molecule has 2 N–H and O–H groups in total. The van der Waals surface area contributed by atoms with Crippen molar-refractivity contribution in [2.75, 3.05) is 17.2 Å². The largest absolute Gasteiger partial charge is 0.368 e. The summed E-state index contributed by atoms with van der Waals surface area (Å²) >= 11 is 18.0. The topological polar surface area (TPSA) is 62.7 Å². The molecule has 3 aromatic rings. The Morgan fingerprint density at radius 3 is 2.56 bits per heavy atom. The molecule has 0 atom stereocenters. The smallest absolute Gasteiger partial charge is 0.249 e. The van der Waals surface area contributed by atoms with Gasteiger partial charge in [-0.15, -0.1) is 5.10 Å². The van der Waals surface area contributed by atoms with E-state index in [1.165, 1.54) is 5.56 Å². The number of rotatable bonds is 6. The van der Waals surface area contributed by atoms with Gasteiger partial charge in [0.25, 0.3) is 0 Å². The molecule has 8 heteroatoms. The summed E-state index contributed by atoms with van der Waals surface area (Å²) in [5, 5.41) is 15.7. The maximum atomic E-state index is 6.15. The van der Waals surface area contributed by atoms with Crippen LogP contribution in [0.3, 0.4) is 0 Å². The van der Waals surface area contributed by atoms with Crippen molar-refractivity contribution in [2.24, 2.45) is 0 Å². The first-order valence-corrected chi connectivity index (χ1v) is 8.64. The van der Waals surface area contributed by atoms with Crippen molar-refractivity contribution >= 4 is 52.3 Å². The standard InChI is InChI=1S/C17H14Cl3N5/c18-12-6-4-11(5-7-12)8-9-21-15-10-22-25-17(24-15)23-14-3-1-2-13(19)16(14)20/h1-7,10H,8-9H2,(H2,21,23,24,25). The van der Waals surface area contributed by atoms with Gasteiger partial charge in [-0.05, 0) is 36.2 Å². The van der Waals surface area contributed by atoms with Crippen LogP contribution in [0, 0.1) is 0 Å². The van der Waals surface area contributed by atoms with Gasteiger partial charge in [-0.3, -0.25) is 0 Å². The minimum Gasteiger partial charge on any atom is -0.368 e. The second kappa shape index (κ2) is 8.34. The van der Waals surface area contributed by atoms with Crippen molar-refractivity contribution in [3.8, 4) is 0 Å². The highest BCUT2D eigenvalue weighted by molar-refractivity contribution is 6.43. The molecular weight excluding hydrogens is 381 g/mol. The van der Waals surface area contributed by atoms with E-state index in [0.717, 1.165) is 11.4 Å². The summed E-state index contributed by atoms with van der Waals surface area (Å²) in [7, 11) is 0. The van der Waals surface area contributed by atoms with Gasteiger partial charge >= 0.3 is 0 Å². The monoisotopic (exact) mass is 393 g/mol. The Hall–Kier alpha value is -2.08. The summed E-state index contributed by atoms with van der Waals surface area (Å²) in [6, 6.07) is 13.0. The molecule has 0 saturated heterocycles. The summed E-state index contributed by atoms with van der Waals surface area (Å²) in [4.78, 5) is 4.37. The molecule has 0 aliphatic heterocycles. The average molecular weight is 395 g/mol. The molecule has 2 aromatic carbocycles. The summed E-state index contributed by atoms with van der Waals surface area (Å²) in [5.74, 6) is 0.949. The fraction of sp³-hybridized carbons (Fsp3) is 0.118. The Morgan fingerprint density at radius 1 is 0.960 bits per heavy atom. The molecule has 128 valence electrons. The predicted octanol–water partition coefficient (Wildman–Crippen LogP) is 5.23. The molecule has 0 spiro atoms. The van der Waals surface area contributed by atoms with Crippen molar-refractivity contribution < 1.29 is 0 Å². The molecule has 1 heterocycles. The molecule has 0 aliphatic carbocycles. The van der Waals surface area contributed by atoms with Crippen molar-refractivity contribution in [1.29, 1.82) is 0 Å². The number of nitrogens with one attached hydrogen (secondary N) is 2. The Kier molecular flexibility index (Phi) is 5.91. The fourth-order valence-electron chi connectivity index (χ4n) is 2.15. The molecule has 0 amide bonds. The maximum Gasteiger partial charge on any atom is 0.249 e. The zero-order chi connectivity index (χ0) is 17.6. The second-order valence-electron chi connectivity index (χ2n) is 5.19. The second-order valence-corrected chi connectivity index (χ2v) is 6.42. The molecule has 0 radical (unpaired) electrons. The highest BCUT2D eigenvalue weighted by atomic mass is 35.5. The number of benzene rings is 2. The Labute approximate surface area is 160 Å². The van der Waals surface area contributed by atoms with E-state index in [9.17, 15) is 0 Å². The first kappa shape index (κ1) is 17.7. The zero-order valence-electron chi connectivity index (χ0n) is 13.0. The van der Waals surface area contributed by atoms with E-state index in [0.29, 0.717) is 34.0 Å². The minimum atomic E-state index is 0.334. The molecule has 0 unspecified atom stereocenters. The van der Waals surface area contributed by atoms with Gasteiger partial charge in [0.1, 0.15) is 0 Å². The van der Waals surface area contributed by atoms with Gasteiger partial charge in [-0.25, -0.2) is 0 Å². The lowest BCUT2D eigenvalue weighted by Crippen LogP contribution is -2.08. The number of nitrogens with zero attached hydrogens (tertiary/aromatic N) is 3. The molecule has 0 bridgehead atoms. The summed E-state index contributed by atoms with van der Waals surface area (Å²) in [6.45, 7) is 0.706. The third-order valence-corrected chi connectivity index (χ3v) is 4.46. The molecule has 1 aromatic heterocycles. The van der Waals surface area contributed by atoms with Crippen LogP contribution in [-0.2, 0) is 6.42 Å². The van der Waals surface area contributed by atoms with Gasteiger partial charge in [0.05, 0.1) is 21.9 Å². The lowest BCUT2D eigenvalue weighted by molar-refractivity contribution is 0.950. The van der Waals surface area contributed by atoms with Crippen molar-refractivity contribution in [3.05, 3.63) is 69.3 Å². The SMILES string of the molecule is Clc1ccc(CCNc2cnnc(Nc3cccc(Cl)c3Cl)n2)cc1. The molecule has 3 rings (SSSR count). The predicted molar refractivity (Wildman–Crippen MR) is 103 cm³/mol. The van der Waals surface area contributed by atoms with Gasteiger partial charge in [-0.2, -0.15) is 10.1 Å². The van der Waals surface area contributed by atoms with E-state index in [-0.39, 0.29) is 0 Å². The lowest BCUT2D eigenvalue weighted by Gasteiger charge is -2.09. The highest BCUT2D eigenvalue weighted by Crippen LogP contribution is 2.30. The molecule has 5 nitrogen and oxygen atoms in total. The molecule has 0 fully saturated rings. The fourth-order valence-corrected chi connectivity index (χ4v) is 2.62. The van der Waals surface area contributed by atoms with Gasteiger partial charge < -0.3 is 10.6 Å². The molecule has 25 heavy (non-hydrogen) atoms. The number of aromatic nitrogens is 3. The van der Waals surface area contributed by atoms with Gasteiger partial charge in [0.15, 0.2) is 5.82 Å². The highest BCUT2D eigenvalue weighted by Gasteiger charge is 2.07. The van der Waals surface area contributed by atoms with E-state index < -0.39 is 0 Å². The van der Waals surface area contributed by atoms with Crippen LogP contribution in [0.25, 0.3) is 0 Å². The lowest BCUT2D eigenvalue weighted by atomic mass is 10.1. The van der Waals surface area contributed by atoms with Crippen LogP contribution in [0.15, 0.2) is 48.7 Å².